The molecule has 0 saturated heterocycles. The summed E-state index contributed by atoms with van der Waals surface area (Å²) >= 11 is 5.71. The number of carbonyl (C=O) groups is 1. The highest BCUT2D eigenvalue weighted by atomic mass is 35.5. The summed E-state index contributed by atoms with van der Waals surface area (Å²) in [5.41, 5.74) is 0. The molecule has 0 aromatic carbocycles. The zero-order valence-corrected chi connectivity index (χ0v) is 11.9. The Balaban J connectivity index is 2.15. The first-order valence-corrected chi connectivity index (χ1v) is 7.77. The van der Waals surface area contributed by atoms with E-state index < -0.39 is 28.0 Å². The highest BCUT2D eigenvalue weighted by Crippen LogP contribution is 2.21. The number of aliphatic carboxylic acids is 1. The van der Waals surface area contributed by atoms with Crippen molar-refractivity contribution in [1.82, 2.24) is 9.71 Å². The minimum absolute atomic E-state index is 0.0455. The number of allylic oxidation sites excluding steroid dienone is 1. The molecule has 8 heteroatoms. The first-order chi connectivity index (χ1) is 9.38. The predicted molar refractivity (Wildman–Crippen MR) is 72.9 cm³/mol. The second-order valence-corrected chi connectivity index (χ2v) is 6.65. The molecule has 1 aromatic heterocycles. The van der Waals surface area contributed by atoms with Crippen molar-refractivity contribution in [3.63, 3.8) is 0 Å². The van der Waals surface area contributed by atoms with E-state index in [1.54, 1.807) is 12.2 Å². The highest BCUT2D eigenvalue weighted by Gasteiger charge is 2.27. The van der Waals surface area contributed by atoms with E-state index in [9.17, 15) is 13.2 Å². The Morgan fingerprint density at radius 1 is 1.45 bits per heavy atom. The number of nitrogens with one attached hydrogen (secondary N) is 1. The Bertz CT molecular complexity index is 645. The summed E-state index contributed by atoms with van der Waals surface area (Å²) < 4.78 is 26.7. The quantitative estimate of drug-likeness (QED) is 0.819. The molecule has 6 nitrogen and oxygen atoms in total. The molecule has 1 heterocycles. The molecule has 1 aliphatic rings. The van der Waals surface area contributed by atoms with Crippen LogP contribution in [-0.2, 0) is 14.8 Å². The van der Waals surface area contributed by atoms with Crippen LogP contribution in [0.5, 0.6) is 0 Å². The molecule has 0 fully saturated rings. The molecule has 0 unspecified atom stereocenters. The fourth-order valence-corrected chi connectivity index (χ4v) is 3.41. The Labute approximate surface area is 121 Å². The average molecular weight is 317 g/mol. The van der Waals surface area contributed by atoms with Crippen LogP contribution in [0.15, 0.2) is 35.5 Å². The second kappa shape index (κ2) is 5.90. The maximum atomic E-state index is 12.1. The molecule has 1 aliphatic carbocycles. The molecule has 20 heavy (non-hydrogen) atoms. The number of hydrogen-bond donors (Lipinski definition) is 2. The van der Waals surface area contributed by atoms with Gasteiger partial charge in [0.2, 0.25) is 10.0 Å². The number of rotatable bonds is 4. The molecule has 108 valence electrons. The summed E-state index contributed by atoms with van der Waals surface area (Å²) in [7, 11) is -3.77. The molecule has 0 spiro atoms. The van der Waals surface area contributed by atoms with Gasteiger partial charge < -0.3 is 5.11 Å². The van der Waals surface area contributed by atoms with Crippen molar-refractivity contribution in [3.8, 4) is 0 Å². The summed E-state index contributed by atoms with van der Waals surface area (Å²) in [6.07, 6.45) is 6.49. The van der Waals surface area contributed by atoms with Gasteiger partial charge in [0.15, 0.2) is 0 Å². The number of carboxylic acid groups (broad SMARTS) is 1. The Hall–Kier alpha value is -1.44. The van der Waals surface area contributed by atoms with Crippen LogP contribution >= 0.6 is 11.6 Å². The molecule has 0 aliphatic heterocycles. The van der Waals surface area contributed by atoms with Gasteiger partial charge in [0.1, 0.15) is 4.90 Å². The molecule has 0 bridgehead atoms. The van der Waals surface area contributed by atoms with Crippen molar-refractivity contribution in [1.29, 1.82) is 0 Å². The van der Waals surface area contributed by atoms with Gasteiger partial charge in [-0.3, -0.25) is 9.78 Å². The monoisotopic (exact) mass is 316 g/mol. The molecule has 1 aromatic rings. The van der Waals surface area contributed by atoms with Crippen molar-refractivity contribution in [2.24, 2.45) is 5.92 Å². The number of sulfonamides is 1. The summed E-state index contributed by atoms with van der Waals surface area (Å²) in [5.74, 6) is -1.51. The fraction of sp³-hybridized carbons (Fsp3) is 0.333. The lowest BCUT2D eigenvalue weighted by atomic mass is 9.92. The van der Waals surface area contributed by atoms with Crippen LogP contribution in [0, 0.1) is 5.92 Å². The van der Waals surface area contributed by atoms with Crippen molar-refractivity contribution in [2.75, 3.05) is 0 Å². The molecule has 0 amide bonds. The van der Waals surface area contributed by atoms with Crippen LogP contribution in [0.25, 0.3) is 0 Å². The van der Waals surface area contributed by atoms with Gasteiger partial charge >= 0.3 is 5.97 Å². The molecule has 2 rings (SSSR count). The van der Waals surface area contributed by atoms with Crippen LogP contribution in [0.2, 0.25) is 5.02 Å². The topological polar surface area (TPSA) is 96.4 Å². The summed E-state index contributed by atoms with van der Waals surface area (Å²) in [6, 6.07) is 0.742. The molecule has 2 atom stereocenters. The van der Waals surface area contributed by atoms with Gasteiger partial charge in [-0.1, -0.05) is 23.8 Å². The SMILES string of the molecule is O=C(O)[C@@H]1CC=C[C@@H](NS(=O)(=O)c2cncc(Cl)c2)C1. The third-order valence-corrected chi connectivity index (χ3v) is 4.64. The van der Waals surface area contributed by atoms with Gasteiger partial charge in [-0.05, 0) is 18.9 Å². The van der Waals surface area contributed by atoms with Crippen LogP contribution in [0.3, 0.4) is 0 Å². The van der Waals surface area contributed by atoms with Crippen molar-refractivity contribution >= 4 is 27.6 Å². The smallest absolute Gasteiger partial charge is 0.306 e. The Morgan fingerprint density at radius 3 is 2.85 bits per heavy atom. The lowest BCUT2D eigenvalue weighted by molar-refractivity contribution is -0.142. The number of pyridine rings is 1. The van der Waals surface area contributed by atoms with E-state index in [-0.39, 0.29) is 16.3 Å². The van der Waals surface area contributed by atoms with Crippen molar-refractivity contribution in [3.05, 3.63) is 35.6 Å². The number of nitrogens with zero attached hydrogens (tertiary/aromatic N) is 1. The van der Waals surface area contributed by atoms with Gasteiger partial charge in [-0.25, -0.2) is 13.1 Å². The lowest BCUT2D eigenvalue weighted by Gasteiger charge is -2.22. The third-order valence-electron chi connectivity index (χ3n) is 2.97. The third kappa shape index (κ3) is 3.56. The van der Waals surface area contributed by atoms with Crippen LogP contribution in [0.4, 0.5) is 0 Å². The minimum Gasteiger partial charge on any atom is -0.481 e. The lowest BCUT2D eigenvalue weighted by Crippen LogP contribution is -2.37. The minimum atomic E-state index is -3.77. The van der Waals surface area contributed by atoms with Crippen molar-refractivity contribution in [2.45, 2.75) is 23.8 Å². The van der Waals surface area contributed by atoms with E-state index >= 15 is 0 Å². The average Bonchev–Trinajstić information content (AvgIpc) is 2.38. The molecular weight excluding hydrogens is 304 g/mol. The van der Waals surface area contributed by atoms with Gasteiger partial charge in [0, 0.05) is 18.4 Å². The van der Waals surface area contributed by atoms with E-state index in [2.05, 4.69) is 9.71 Å². The molecule has 0 saturated carbocycles. The Kier molecular flexibility index (Phi) is 4.42. The molecular formula is C12H13ClN2O4S. The standard InChI is InChI=1S/C12H13ClN2O4S/c13-9-5-11(7-14-6-9)20(18,19)15-10-3-1-2-8(4-10)12(16)17/h1,3,5-8,10,15H,2,4H2,(H,16,17)/t8-,10-/m1/s1. The summed E-state index contributed by atoms with van der Waals surface area (Å²) in [6.45, 7) is 0. The zero-order valence-electron chi connectivity index (χ0n) is 10.4. The maximum Gasteiger partial charge on any atom is 0.306 e. The van der Waals surface area contributed by atoms with Gasteiger partial charge in [0.05, 0.1) is 10.9 Å². The number of halogens is 1. The summed E-state index contributed by atoms with van der Waals surface area (Å²) in [4.78, 5) is 14.6. The Morgan fingerprint density at radius 2 is 2.20 bits per heavy atom. The number of aromatic nitrogens is 1. The maximum absolute atomic E-state index is 12.1. The second-order valence-electron chi connectivity index (χ2n) is 4.50. The fourth-order valence-electron chi connectivity index (χ4n) is 1.98. The van der Waals surface area contributed by atoms with Gasteiger partial charge in [0.25, 0.3) is 0 Å². The van der Waals surface area contributed by atoms with E-state index in [0.717, 1.165) is 0 Å². The first-order valence-electron chi connectivity index (χ1n) is 5.91. The van der Waals surface area contributed by atoms with E-state index in [1.807, 2.05) is 0 Å². The molecule has 2 N–H and O–H groups in total. The van der Waals surface area contributed by atoms with E-state index in [0.29, 0.717) is 6.42 Å². The number of carboxylic acids is 1. The summed E-state index contributed by atoms with van der Waals surface area (Å²) in [5, 5.41) is 9.19. The highest BCUT2D eigenvalue weighted by molar-refractivity contribution is 7.89. The largest absolute Gasteiger partial charge is 0.481 e. The van der Waals surface area contributed by atoms with E-state index in [4.69, 9.17) is 16.7 Å². The van der Waals surface area contributed by atoms with Crippen LogP contribution < -0.4 is 4.72 Å². The van der Waals surface area contributed by atoms with Crippen LogP contribution in [-0.4, -0.2) is 30.5 Å². The predicted octanol–water partition coefficient (Wildman–Crippen LogP) is 1.43. The van der Waals surface area contributed by atoms with Gasteiger partial charge in [-0.2, -0.15) is 0 Å². The normalized spacial score (nSPS) is 22.6. The number of hydrogen-bond acceptors (Lipinski definition) is 4. The van der Waals surface area contributed by atoms with Crippen LogP contribution in [0.1, 0.15) is 12.8 Å². The zero-order chi connectivity index (χ0) is 14.8. The van der Waals surface area contributed by atoms with E-state index in [1.165, 1.54) is 18.5 Å². The van der Waals surface area contributed by atoms with Crippen molar-refractivity contribution < 1.29 is 18.3 Å². The van der Waals surface area contributed by atoms with Gasteiger partial charge in [-0.15, -0.1) is 0 Å². The first kappa shape index (κ1) is 15.0. The molecule has 0 radical (unpaired) electrons.